The third-order valence-electron chi connectivity index (χ3n) is 4.65. The molecule has 0 saturated carbocycles. The van der Waals surface area contributed by atoms with Crippen molar-refractivity contribution in [1.82, 2.24) is 10.6 Å². The maximum absolute atomic E-state index is 12.6. The quantitative estimate of drug-likeness (QED) is 0.377. The summed E-state index contributed by atoms with van der Waals surface area (Å²) in [6.45, 7) is 0.365. The molecule has 1 atom stereocenters. The predicted octanol–water partition coefficient (Wildman–Crippen LogP) is 5.18. The maximum Gasteiger partial charge on any atom is 0.315 e. The van der Waals surface area contributed by atoms with E-state index in [-0.39, 0.29) is 23.7 Å². The molecule has 0 aliphatic heterocycles. The molecule has 31 heavy (non-hydrogen) atoms. The predicted molar refractivity (Wildman–Crippen MR) is 121 cm³/mol. The molecule has 0 saturated heterocycles. The van der Waals surface area contributed by atoms with E-state index in [0.717, 1.165) is 16.0 Å². The molecule has 2 aromatic heterocycles. The van der Waals surface area contributed by atoms with E-state index in [4.69, 9.17) is 4.42 Å². The normalized spacial score (nSPS) is 11.5. The van der Waals surface area contributed by atoms with Gasteiger partial charge in [0.25, 0.3) is 5.91 Å². The Morgan fingerprint density at radius 2 is 1.71 bits per heavy atom. The van der Waals surface area contributed by atoms with Crippen LogP contribution in [0.2, 0.25) is 0 Å². The van der Waals surface area contributed by atoms with Gasteiger partial charge in [0.1, 0.15) is 0 Å². The number of nitrogens with one attached hydrogen (secondary N) is 3. The first kappa shape index (κ1) is 20.4. The Kier molecular flexibility index (Phi) is 6.44. The smallest absolute Gasteiger partial charge is 0.315 e. The Morgan fingerprint density at radius 1 is 0.903 bits per heavy atom. The molecule has 7 heteroatoms. The van der Waals surface area contributed by atoms with Gasteiger partial charge >= 0.3 is 6.03 Å². The van der Waals surface area contributed by atoms with E-state index in [1.54, 1.807) is 35.6 Å². The van der Waals surface area contributed by atoms with Gasteiger partial charge in [-0.15, -0.1) is 11.3 Å². The Morgan fingerprint density at radius 3 is 2.39 bits per heavy atom. The average molecular weight is 432 g/mol. The summed E-state index contributed by atoms with van der Waals surface area (Å²) in [6.07, 6.45) is 1.45. The molecule has 4 aromatic rings. The number of hydrogen-bond donors (Lipinski definition) is 3. The summed E-state index contributed by atoms with van der Waals surface area (Å²) in [7, 11) is 0. The average Bonchev–Trinajstić information content (AvgIpc) is 3.52. The van der Waals surface area contributed by atoms with E-state index in [1.807, 2.05) is 60.0 Å². The SMILES string of the molecule is O=C(NCc1ccc(NC(=O)c2ccco2)cc1)NC(c1ccccc1)c1cccs1. The Balaban J connectivity index is 1.33. The summed E-state index contributed by atoms with van der Waals surface area (Å²) >= 11 is 1.60. The highest BCUT2D eigenvalue weighted by Crippen LogP contribution is 2.25. The van der Waals surface area contributed by atoms with E-state index in [1.165, 1.54) is 6.26 Å². The van der Waals surface area contributed by atoms with E-state index < -0.39 is 0 Å². The van der Waals surface area contributed by atoms with E-state index >= 15 is 0 Å². The van der Waals surface area contributed by atoms with Gasteiger partial charge in [0.05, 0.1) is 12.3 Å². The zero-order valence-electron chi connectivity index (χ0n) is 16.6. The van der Waals surface area contributed by atoms with Gasteiger partial charge in [0.15, 0.2) is 5.76 Å². The fourth-order valence-corrected chi connectivity index (χ4v) is 3.89. The number of urea groups is 1. The molecule has 0 spiro atoms. The molecule has 1 unspecified atom stereocenters. The summed E-state index contributed by atoms with van der Waals surface area (Å²) in [5, 5.41) is 10.7. The molecule has 0 fully saturated rings. The highest BCUT2D eigenvalue weighted by molar-refractivity contribution is 7.10. The van der Waals surface area contributed by atoms with Crippen LogP contribution in [0.3, 0.4) is 0 Å². The Bertz CT molecular complexity index is 1110. The van der Waals surface area contributed by atoms with Crippen molar-refractivity contribution in [3.05, 3.63) is 112 Å². The van der Waals surface area contributed by atoms with Gasteiger partial charge in [0.2, 0.25) is 0 Å². The monoisotopic (exact) mass is 431 g/mol. The van der Waals surface area contributed by atoms with Crippen molar-refractivity contribution in [3.63, 3.8) is 0 Å². The van der Waals surface area contributed by atoms with Gasteiger partial charge in [-0.1, -0.05) is 48.5 Å². The lowest BCUT2D eigenvalue weighted by Gasteiger charge is -2.18. The van der Waals surface area contributed by atoms with Gasteiger partial charge < -0.3 is 20.4 Å². The fourth-order valence-electron chi connectivity index (χ4n) is 3.09. The second kappa shape index (κ2) is 9.77. The van der Waals surface area contributed by atoms with Crippen LogP contribution in [0, 0.1) is 0 Å². The number of rotatable bonds is 7. The van der Waals surface area contributed by atoms with Crippen molar-refractivity contribution in [2.45, 2.75) is 12.6 Å². The van der Waals surface area contributed by atoms with Crippen molar-refractivity contribution in [2.75, 3.05) is 5.32 Å². The second-order valence-corrected chi connectivity index (χ2v) is 7.79. The second-order valence-electron chi connectivity index (χ2n) is 6.81. The van der Waals surface area contributed by atoms with Crippen molar-refractivity contribution >= 4 is 29.0 Å². The minimum Gasteiger partial charge on any atom is -0.459 e. The minimum atomic E-state index is -0.309. The first-order valence-corrected chi connectivity index (χ1v) is 10.6. The number of thiophene rings is 1. The summed E-state index contributed by atoms with van der Waals surface area (Å²) < 4.78 is 5.08. The van der Waals surface area contributed by atoms with Crippen LogP contribution >= 0.6 is 11.3 Å². The lowest BCUT2D eigenvalue weighted by atomic mass is 10.1. The van der Waals surface area contributed by atoms with Crippen LogP contribution in [0.5, 0.6) is 0 Å². The van der Waals surface area contributed by atoms with Crippen molar-refractivity contribution in [3.8, 4) is 0 Å². The third kappa shape index (κ3) is 5.40. The van der Waals surface area contributed by atoms with Crippen LogP contribution in [0.4, 0.5) is 10.5 Å². The Hall–Kier alpha value is -3.84. The number of amides is 3. The molecule has 2 heterocycles. The number of benzene rings is 2. The van der Waals surface area contributed by atoms with Crippen molar-refractivity contribution < 1.29 is 14.0 Å². The van der Waals surface area contributed by atoms with Crippen LogP contribution in [-0.2, 0) is 6.54 Å². The molecule has 2 aromatic carbocycles. The summed E-state index contributed by atoms with van der Waals surface area (Å²) in [5.41, 5.74) is 2.59. The van der Waals surface area contributed by atoms with E-state index in [9.17, 15) is 9.59 Å². The molecule has 4 rings (SSSR count). The van der Waals surface area contributed by atoms with Crippen LogP contribution < -0.4 is 16.0 Å². The van der Waals surface area contributed by atoms with Crippen LogP contribution in [0.1, 0.15) is 32.6 Å². The summed E-state index contributed by atoms with van der Waals surface area (Å²) in [5.74, 6) is -0.0584. The molecule has 0 radical (unpaired) electrons. The largest absolute Gasteiger partial charge is 0.459 e. The number of carbonyl (C=O) groups is 2. The molecule has 3 N–H and O–H groups in total. The molecule has 0 aliphatic carbocycles. The molecule has 156 valence electrons. The highest BCUT2D eigenvalue weighted by Gasteiger charge is 2.17. The van der Waals surface area contributed by atoms with E-state index in [0.29, 0.717) is 12.2 Å². The van der Waals surface area contributed by atoms with Gasteiger partial charge in [0, 0.05) is 17.1 Å². The number of anilines is 1. The first-order chi connectivity index (χ1) is 15.2. The fraction of sp³-hybridized carbons (Fsp3) is 0.0833. The Labute approximate surface area is 183 Å². The zero-order valence-corrected chi connectivity index (χ0v) is 17.4. The number of furan rings is 1. The van der Waals surface area contributed by atoms with Crippen molar-refractivity contribution in [1.29, 1.82) is 0 Å². The van der Waals surface area contributed by atoms with Gasteiger partial charge in [-0.2, -0.15) is 0 Å². The standard InChI is InChI=1S/C24H21N3O3S/c28-23(20-8-4-14-30-20)26-19-12-10-17(11-13-19)16-25-24(29)27-22(21-9-5-15-31-21)18-6-2-1-3-7-18/h1-15,22H,16H2,(H,26,28)(H2,25,27,29). The molecule has 3 amide bonds. The molecule has 0 aliphatic rings. The summed E-state index contributed by atoms with van der Waals surface area (Å²) in [4.78, 5) is 25.6. The van der Waals surface area contributed by atoms with Crippen LogP contribution in [0.15, 0.2) is 94.9 Å². The molecular weight excluding hydrogens is 410 g/mol. The van der Waals surface area contributed by atoms with Crippen LogP contribution in [-0.4, -0.2) is 11.9 Å². The topological polar surface area (TPSA) is 83.4 Å². The molecule has 0 bridgehead atoms. The van der Waals surface area contributed by atoms with Crippen molar-refractivity contribution in [2.24, 2.45) is 0 Å². The molecular formula is C24H21N3O3S. The number of hydrogen-bond acceptors (Lipinski definition) is 4. The van der Waals surface area contributed by atoms with E-state index in [2.05, 4.69) is 16.0 Å². The van der Waals surface area contributed by atoms with Gasteiger partial charge in [-0.25, -0.2) is 4.79 Å². The first-order valence-electron chi connectivity index (χ1n) is 9.75. The maximum atomic E-state index is 12.6. The lowest BCUT2D eigenvalue weighted by molar-refractivity contribution is 0.0996. The molecule has 6 nitrogen and oxygen atoms in total. The lowest BCUT2D eigenvalue weighted by Crippen LogP contribution is -2.37. The van der Waals surface area contributed by atoms with Crippen LogP contribution in [0.25, 0.3) is 0 Å². The highest BCUT2D eigenvalue weighted by atomic mass is 32.1. The zero-order chi connectivity index (χ0) is 21.5. The van der Waals surface area contributed by atoms with Gasteiger partial charge in [-0.05, 0) is 46.8 Å². The third-order valence-corrected chi connectivity index (χ3v) is 5.58. The number of carbonyl (C=O) groups excluding carboxylic acids is 2. The van der Waals surface area contributed by atoms with Gasteiger partial charge in [-0.3, -0.25) is 4.79 Å². The minimum absolute atomic E-state index is 0.208. The summed E-state index contributed by atoms with van der Waals surface area (Å²) in [6, 6.07) is 23.9.